The lowest BCUT2D eigenvalue weighted by Gasteiger charge is -2.07. The molecule has 0 spiro atoms. The number of benzene rings is 2. The van der Waals surface area contributed by atoms with E-state index in [1.54, 1.807) is 6.20 Å². The van der Waals surface area contributed by atoms with Gasteiger partial charge in [0.2, 0.25) is 0 Å². The second-order valence-corrected chi connectivity index (χ2v) is 6.80. The van der Waals surface area contributed by atoms with Crippen LogP contribution in [0.5, 0.6) is 5.75 Å². The number of imidazole rings is 1. The molecule has 5 nitrogen and oxygen atoms in total. The van der Waals surface area contributed by atoms with Crippen LogP contribution in [0.25, 0.3) is 16.8 Å². The Kier molecular flexibility index (Phi) is 5.24. The van der Waals surface area contributed by atoms with Crippen LogP contribution in [0.3, 0.4) is 0 Å². The third-order valence-electron chi connectivity index (χ3n) is 4.74. The average molecular weight is 372 g/mol. The van der Waals surface area contributed by atoms with Crippen molar-refractivity contribution in [3.8, 4) is 17.0 Å². The Morgan fingerprint density at radius 2 is 1.93 bits per heavy atom. The molecule has 2 aromatic carbocycles. The number of aromatic nitrogens is 3. The first kappa shape index (κ1) is 18.0. The van der Waals surface area contributed by atoms with Crippen molar-refractivity contribution < 1.29 is 4.74 Å². The largest absolute Gasteiger partial charge is 0.494 e. The number of ether oxygens (including phenoxy) is 1. The summed E-state index contributed by atoms with van der Waals surface area (Å²) in [4.78, 5) is 9.22. The van der Waals surface area contributed by atoms with Crippen molar-refractivity contribution in [2.75, 3.05) is 12.3 Å². The summed E-state index contributed by atoms with van der Waals surface area (Å²) in [5.74, 6) is 2.25. The monoisotopic (exact) mass is 372 g/mol. The number of nitrogens with two attached hydrogens (primary N) is 1. The van der Waals surface area contributed by atoms with E-state index < -0.39 is 0 Å². The predicted octanol–water partition coefficient (Wildman–Crippen LogP) is 4.75. The molecule has 2 aromatic heterocycles. The molecule has 0 fully saturated rings. The van der Waals surface area contributed by atoms with E-state index in [4.69, 9.17) is 15.5 Å². The third-order valence-corrected chi connectivity index (χ3v) is 4.74. The zero-order valence-corrected chi connectivity index (χ0v) is 16.0. The van der Waals surface area contributed by atoms with E-state index in [0.717, 1.165) is 47.6 Å². The summed E-state index contributed by atoms with van der Waals surface area (Å²) in [6.45, 7) is 2.87. The highest BCUT2D eigenvalue weighted by Crippen LogP contribution is 2.30. The standard InChI is InChI=1S/C23H24N4O/c1-2-3-14-28-19-11-7-10-18(16-19)21-22-23(24)25-12-13-27(22)20(26-21)15-17-8-5-4-6-9-17/h4-13,16H,2-3,14-15H2,1H3,(H2,24,25). The van der Waals surface area contributed by atoms with Crippen LogP contribution in [0.4, 0.5) is 5.82 Å². The van der Waals surface area contributed by atoms with E-state index in [0.29, 0.717) is 12.4 Å². The summed E-state index contributed by atoms with van der Waals surface area (Å²) < 4.78 is 7.91. The van der Waals surface area contributed by atoms with Gasteiger partial charge in [0.05, 0.1) is 6.61 Å². The van der Waals surface area contributed by atoms with E-state index in [9.17, 15) is 0 Å². The Morgan fingerprint density at radius 1 is 1.07 bits per heavy atom. The van der Waals surface area contributed by atoms with Gasteiger partial charge in [-0.15, -0.1) is 0 Å². The van der Waals surface area contributed by atoms with Gasteiger partial charge in [0, 0.05) is 24.4 Å². The number of nitrogen functional groups attached to an aromatic ring is 1. The van der Waals surface area contributed by atoms with Gasteiger partial charge >= 0.3 is 0 Å². The number of nitrogens with zero attached hydrogens (tertiary/aromatic N) is 3. The average Bonchev–Trinajstić information content (AvgIpc) is 3.09. The van der Waals surface area contributed by atoms with Gasteiger partial charge in [-0.3, -0.25) is 4.40 Å². The minimum absolute atomic E-state index is 0.474. The predicted molar refractivity (Wildman–Crippen MR) is 112 cm³/mol. The first-order chi connectivity index (χ1) is 13.8. The first-order valence-corrected chi connectivity index (χ1v) is 9.65. The lowest BCUT2D eigenvalue weighted by Crippen LogP contribution is -1.99. The SMILES string of the molecule is CCCCOc1cccc(-c2nc(Cc3ccccc3)n3ccnc(N)c23)c1. The molecule has 0 saturated heterocycles. The minimum atomic E-state index is 0.474. The van der Waals surface area contributed by atoms with Crippen LogP contribution in [0.15, 0.2) is 67.0 Å². The summed E-state index contributed by atoms with van der Waals surface area (Å²) in [7, 11) is 0. The zero-order chi connectivity index (χ0) is 19.3. The van der Waals surface area contributed by atoms with Crippen molar-refractivity contribution in [2.24, 2.45) is 0 Å². The lowest BCUT2D eigenvalue weighted by atomic mass is 10.1. The van der Waals surface area contributed by atoms with Crippen molar-refractivity contribution in [3.05, 3.63) is 78.4 Å². The Bertz CT molecular complexity index is 1070. The maximum atomic E-state index is 6.23. The van der Waals surface area contributed by atoms with Gasteiger partial charge in [0.1, 0.15) is 28.6 Å². The highest BCUT2D eigenvalue weighted by Gasteiger charge is 2.16. The number of anilines is 1. The van der Waals surface area contributed by atoms with E-state index >= 15 is 0 Å². The van der Waals surface area contributed by atoms with Crippen molar-refractivity contribution in [3.63, 3.8) is 0 Å². The summed E-state index contributed by atoms with van der Waals surface area (Å²) in [6.07, 6.45) is 6.50. The smallest absolute Gasteiger partial charge is 0.150 e. The molecule has 2 N–H and O–H groups in total. The molecule has 0 aliphatic heterocycles. The van der Waals surface area contributed by atoms with Crippen molar-refractivity contribution in [1.82, 2.24) is 14.4 Å². The summed E-state index contributed by atoms with van der Waals surface area (Å²) in [5.41, 5.74) is 10.1. The molecular weight excluding hydrogens is 348 g/mol. The molecule has 0 amide bonds. The second-order valence-electron chi connectivity index (χ2n) is 6.80. The second kappa shape index (κ2) is 8.13. The molecule has 5 heteroatoms. The molecule has 0 aliphatic rings. The number of hydrogen-bond acceptors (Lipinski definition) is 4. The molecule has 0 aliphatic carbocycles. The van der Waals surface area contributed by atoms with Crippen molar-refractivity contribution in [1.29, 1.82) is 0 Å². The molecular formula is C23H24N4O. The number of rotatable bonds is 7. The third kappa shape index (κ3) is 3.69. The Balaban J connectivity index is 1.76. The van der Waals surface area contributed by atoms with Crippen LogP contribution in [-0.4, -0.2) is 21.0 Å². The maximum absolute atomic E-state index is 6.23. The van der Waals surface area contributed by atoms with E-state index in [1.165, 1.54) is 5.56 Å². The van der Waals surface area contributed by atoms with Crippen molar-refractivity contribution >= 4 is 11.3 Å². The van der Waals surface area contributed by atoms with E-state index in [1.807, 2.05) is 53.1 Å². The lowest BCUT2D eigenvalue weighted by molar-refractivity contribution is 0.309. The van der Waals surface area contributed by atoms with Gasteiger partial charge in [-0.2, -0.15) is 0 Å². The molecule has 4 rings (SSSR count). The fraction of sp³-hybridized carbons (Fsp3) is 0.217. The van der Waals surface area contributed by atoms with E-state index in [2.05, 4.69) is 24.0 Å². The normalized spacial score (nSPS) is 11.0. The maximum Gasteiger partial charge on any atom is 0.150 e. The molecule has 0 radical (unpaired) electrons. The van der Waals surface area contributed by atoms with Gasteiger partial charge in [0.25, 0.3) is 0 Å². The number of hydrogen-bond donors (Lipinski definition) is 1. The highest BCUT2D eigenvalue weighted by atomic mass is 16.5. The minimum Gasteiger partial charge on any atom is -0.494 e. The van der Waals surface area contributed by atoms with Gasteiger partial charge < -0.3 is 10.5 Å². The first-order valence-electron chi connectivity index (χ1n) is 9.65. The zero-order valence-electron chi connectivity index (χ0n) is 16.0. The molecule has 142 valence electrons. The van der Waals surface area contributed by atoms with Crippen LogP contribution in [0.1, 0.15) is 31.2 Å². The fourth-order valence-corrected chi connectivity index (χ4v) is 3.30. The number of unbranched alkanes of at least 4 members (excludes halogenated alkanes) is 1. The summed E-state index contributed by atoms with van der Waals surface area (Å²) >= 11 is 0. The highest BCUT2D eigenvalue weighted by molar-refractivity contribution is 5.85. The Labute approximate surface area is 164 Å². The molecule has 0 bridgehead atoms. The molecule has 4 aromatic rings. The molecule has 0 unspecified atom stereocenters. The van der Waals surface area contributed by atoms with Crippen molar-refractivity contribution in [2.45, 2.75) is 26.2 Å². The van der Waals surface area contributed by atoms with Crippen LogP contribution >= 0.6 is 0 Å². The Hall–Kier alpha value is -3.34. The molecule has 28 heavy (non-hydrogen) atoms. The van der Waals surface area contributed by atoms with Gasteiger partial charge in [-0.05, 0) is 24.1 Å². The van der Waals surface area contributed by atoms with E-state index in [-0.39, 0.29) is 0 Å². The topological polar surface area (TPSA) is 65.4 Å². The van der Waals surface area contributed by atoms with Gasteiger partial charge in [-0.1, -0.05) is 55.8 Å². The van der Waals surface area contributed by atoms with Crippen LogP contribution in [0.2, 0.25) is 0 Å². The Morgan fingerprint density at radius 3 is 2.75 bits per heavy atom. The van der Waals surface area contributed by atoms with Crippen LogP contribution < -0.4 is 10.5 Å². The van der Waals surface area contributed by atoms with Crippen LogP contribution in [-0.2, 0) is 6.42 Å². The fourth-order valence-electron chi connectivity index (χ4n) is 3.30. The van der Waals surface area contributed by atoms with Crippen LogP contribution in [0, 0.1) is 0 Å². The summed E-state index contributed by atoms with van der Waals surface area (Å²) in [5, 5.41) is 0. The van der Waals surface area contributed by atoms with Gasteiger partial charge in [0.15, 0.2) is 0 Å². The molecule has 2 heterocycles. The van der Waals surface area contributed by atoms with Gasteiger partial charge in [-0.25, -0.2) is 9.97 Å². The molecule has 0 saturated carbocycles. The molecule has 0 atom stereocenters. The quantitative estimate of drug-likeness (QED) is 0.476. The summed E-state index contributed by atoms with van der Waals surface area (Å²) in [6, 6.07) is 18.3. The number of fused-ring (bicyclic) bond motifs is 1.